The summed E-state index contributed by atoms with van der Waals surface area (Å²) in [5, 5.41) is 3.54. The fourth-order valence-corrected chi connectivity index (χ4v) is 4.17. The molecule has 2 unspecified atom stereocenters. The highest BCUT2D eigenvalue weighted by molar-refractivity contribution is 5.79. The number of nitrogens with zero attached hydrogens (tertiary/aromatic N) is 2. The zero-order valence-corrected chi connectivity index (χ0v) is 12.2. The highest BCUT2D eigenvalue weighted by atomic mass is 16.2. The second-order valence-corrected chi connectivity index (χ2v) is 6.89. The molecule has 0 aromatic carbocycles. The normalized spacial score (nSPS) is 36.9. The molecule has 3 heterocycles. The minimum Gasteiger partial charge on any atom is -0.342 e. The van der Waals surface area contributed by atoms with Gasteiger partial charge in [0.1, 0.15) is 0 Å². The van der Waals surface area contributed by atoms with Gasteiger partial charge in [-0.25, -0.2) is 0 Å². The quantitative estimate of drug-likeness (QED) is 0.766. The van der Waals surface area contributed by atoms with Gasteiger partial charge in [-0.1, -0.05) is 0 Å². The Labute approximate surface area is 116 Å². The molecule has 0 radical (unpaired) electrons. The molecule has 3 fully saturated rings. The highest BCUT2D eigenvalue weighted by Gasteiger charge is 2.40. The van der Waals surface area contributed by atoms with Crippen molar-refractivity contribution in [3.8, 4) is 0 Å². The van der Waals surface area contributed by atoms with Crippen LogP contribution in [0.3, 0.4) is 0 Å². The molecule has 2 atom stereocenters. The van der Waals surface area contributed by atoms with Crippen LogP contribution in [0.1, 0.15) is 32.1 Å². The summed E-state index contributed by atoms with van der Waals surface area (Å²) in [5.74, 6) is 0.686. The second kappa shape index (κ2) is 5.41. The lowest BCUT2D eigenvalue weighted by atomic mass is 9.74. The van der Waals surface area contributed by atoms with Crippen LogP contribution in [-0.4, -0.2) is 62.0 Å². The Morgan fingerprint density at radius 1 is 1.26 bits per heavy atom. The monoisotopic (exact) mass is 265 g/mol. The molecule has 3 saturated heterocycles. The maximum Gasteiger partial charge on any atom is 0.227 e. The first-order valence-electron chi connectivity index (χ1n) is 7.87. The first kappa shape index (κ1) is 13.4. The molecular formula is C15H27N3O. The summed E-state index contributed by atoms with van der Waals surface area (Å²) < 4.78 is 0. The van der Waals surface area contributed by atoms with E-state index in [0.29, 0.717) is 11.3 Å². The molecule has 1 N–H and O–H groups in total. The molecule has 4 heteroatoms. The van der Waals surface area contributed by atoms with E-state index in [1.54, 1.807) is 0 Å². The zero-order valence-electron chi connectivity index (χ0n) is 12.2. The Balaban J connectivity index is 1.62. The molecule has 0 aliphatic carbocycles. The standard InChI is InChI=1S/C15H27N3O/c1-17-9-4-13(10-17)14(19)18-8-3-6-15(12-18)5-2-7-16-11-15/h13,16H,2-12H2,1H3. The van der Waals surface area contributed by atoms with Crippen molar-refractivity contribution in [2.24, 2.45) is 11.3 Å². The minimum atomic E-state index is 0.261. The summed E-state index contributed by atoms with van der Waals surface area (Å²) in [6, 6.07) is 0. The molecule has 19 heavy (non-hydrogen) atoms. The van der Waals surface area contributed by atoms with Crippen LogP contribution in [0.15, 0.2) is 0 Å². The van der Waals surface area contributed by atoms with Crippen molar-refractivity contribution in [3.05, 3.63) is 0 Å². The van der Waals surface area contributed by atoms with Crippen molar-refractivity contribution in [1.82, 2.24) is 15.1 Å². The molecular weight excluding hydrogens is 238 g/mol. The first-order chi connectivity index (χ1) is 9.19. The smallest absolute Gasteiger partial charge is 0.227 e. The lowest BCUT2D eigenvalue weighted by molar-refractivity contribution is -0.139. The molecule has 3 aliphatic heterocycles. The number of likely N-dealkylation sites (tertiary alicyclic amines) is 2. The number of carbonyl (C=O) groups excluding carboxylic acids is 1. The molecule has 1 amide bonds. The number of piperidine rings is 2. The highest BCUT2D eigenvalue weighted by Crippen LogP contribution is 2.36. The average Bonchev–Trinajstić information content (AvgIpc) is 2.85. The van der Waals surface area contributed by atoms with Gasteiger partial charge in [0, 0.05) is 31.6 Å². The van der Waals surface area contributed by atoms with E-state index < -0.39 is 0 Å². The molecule has 0 bridgehead atoms. The van der Waals surface area contributed by atoms with Gasteiger partial charge in [0.05, 0.1) is 5.92 Å². The third-order valence-corrected chi connectivity index (χ3v) is 5.27. The van der Waals surface area contributed by atoms with E-state index in [2.05, 4.69) is 22.2 Å². The number of hydrogen-bond donors (Lipinski definition) is 1. The lowest BCUT2D eigenvalue weighted by Gasteiger charge is -2.46. The maximum absolute atomic E-state index is 12.7. The molecule has 0 aromatic rings. The van der Waals surface area contributed by atoms with Crippen LogP contribution in [-0.2, 0) is 4.79 Å². The van der Waals surface area contributed by atoms with Gasteiger partial charge in [0.25, 0.3) is 0 Å². The van der Waals surface area contributed by atoms with Crippen molar-refractivity contribution in [2.75, 3.05) is 46.3 Å². The maximum atomic E-state index is 12.7. The molecule has 3 aliphatic rings. The third-order valence-electron chi connectivity index (χ3n) is 5.27. The number of hydrogen-bond acceptors (Lipinski definition) is 3. The summed E-state index contributed by atoms with van der Waals surface area (Å²) in [4.78, 5) is 17.1. The van der Waals surface area contributed by atoms with Crippen molar-refractivity contribution in [2.45, 2.75) is 32.1 Å². The number of nitrogens with one attached hydrogen (secondary N) is 1. The Morgan fingerprint density at radius 3 is 2.79 bits per heavy atom. The van der Waals surface area contributed by atoms with Crippen LogP contribution < -0.4 is 5.32 Å². The van der Waals surface area contributed by atoms with Gasteiger partial charge in [0.15, 0.2) is 0 Å². The van der Waals surface area contributed by atoms with Crippen LogP contribution >= 0.6 is 0 Å². The summed E-state index contributed by atoms with van der Waals surface area (Å²) in [6.07, 6.45) is 6.12. The Hall–Kier alpha value is -0.610. The fourth-order valence-electron chi connectivity index (χ4n) is 4.17. The van der Waals surface area contributed by atoms with Crippen molar-refractivity contribution in [3.63, 3.8) is 0 Å². The van der Waals surface area contributed by atoms with Crippen LogP contribution in [0.25, 0.3) is 0 Å². The molecule has 0 aromatic heterocycles. The number of amides is 1. The van der Waals surface area contributed by atoms with Crippen LogP contribution in [0.4, 0.5) is 0 Å². The predicted octanol–water partition coefficient (Wildman–Crippen LogP) is 0.930. The Kier molecular flexibility index (Phi) is 3.81. The van der Waals surface area contributed by atoms with E-state index in [1.807, 2.05) is 0 Å². The number of carbonyl (C=O) groups is 1. The van der Waals surface area contributed by atoms with Gasteiger partial charge >= 0.3 is 0 Å². The largest absolute Gasteiger partial charge is 0.342 e. The molecule has 3 rings (SSSR count). The molecule has 1 spiro atoms. The Morgan fingerprint density at radius 2 is 2.11 bits per heavy atom. The molecule has 108 valence electrons. The number of rotatable bonds is 1. The van der Waals surface area contributed by atoms with Crippen LogP contribution in [0.2, 0.25) is 0 Å². The zero-order chi connectivity index (χ0) is 13.3. The van der Waals surface area contributed by atoms with E-state index in [0.717, 1.165) is 45.7 Å². The van der Waals surface area contributed by atoms with Gasteiger partial charge in [0.2, 0.25) is 5.91 Å². The van der Waals surface area contributed by atoms with Crippen molar-refractivity contribution in [1.29, 1.82) is 0 Å². The first-order valence-corrected chi connectivity index (χ1v) is 7.87. The summed E-state index contributed by atoms with van der Waals surface area (Å²) in [7, 11) is 2.12. The van der Waals surface area contributed by atoms with Crippen molar-refractivity contribution < 1.29 is 4.79 Å². The molecule has 4 nitrogen and oxygen atoms in total. The summed E-state index contributed by atoms with van der Waals surface area (Å²) in [5.41, 5.74) is 0.386. The van der Waals surface area contributed by atoms with Gasteiger partial charge in [-0.05, 0) is 52.2 Å². The lowest BCUT2D eigenvalue weighted by Crippen LogP contribution is -2.53. The van der Waals surface area contributed by atoms with E-state index >= 15 is 0 Å². The van der Waals surface area contributed by atoms with E-state index in [1.165, 1.54) is 25.7 Å². The van der Waals surface area contributed by atoms with Crippen LogP contribution in [0, 0.1) is 11.3 Å². The third kappa shape index (κ3) is 2.79. The molecule has 0 saturated carbocycles. The second-order valence-electron chi connectivity index (χ2n) is 6.89. The van der Waals surface area contributed by atoms with E-state index in [9.17, 15) is 4.79 Å². The fraction of sp³-hybridized carbons (Fsp3) is 0.933. The van der Waals surface area contributed by atoms with Gasteiger partial charge < -0.3 is 15.1 Å². The topological polar surface area (TPSA) is 35.6 Å². The van der Waals surface area contributed by atoms with E-state index in [4.69, 9.17) is 0 Å². The Bertz CT molecular complexity index is 333. The summed E-state index contributed by atoms with van der Waals surface area (Å²) in [6.45, 7) is 6.29. The minimum absolute atomic E-state index is 0.261. The SMILES string of the molecule is CN1CCC(C(=O)N2CCCC3(CCCNC3)C2)C1. The van der Waals surface area contributed by atoms with E-state index in [-0.39, 0.29) is 5.92 Å². The van der Waals surface area contributed by atoms with Gasteiger partial charge in [-0.2, -0.15) is 0 Å². The van der Waals surface area contributed by atoms with Gasteiger partial charge in [-0.15, -0.1) is 0 Å². The predicted molar refractivity (Wildman–Crippen MR) is 76.0 cm³/mol. The van der Waals surface area contributed by atoms with Crippen molar-refractivity contribution >= 4 is 5.91 Å². The van der Waals surface area contributed by atoms with Crippen LogP contribution in [0.5, 0.6) is 0 Å². The van der Waals surface area contributed by atoms with Gasteiger partial charge in [-0.3, -0.25) is 4.79 Å². The average molecular weight is 265 g/mol. The summed E-state index contributed by atoms with van der Waals surface area (Å²) >= 11 is 0.